The van der Waals surface area contributed by atoms with E-state index in [1.54, 1.807) is 6.26 Å². The van der Waals surface area contributed by atoms with E-state index >= 15 is 0 Å². The summed E-state index contributed by atoms with van der Waals surface area (Å²) in [6.45, 7) is 10.9. The number of aryl methyl sites for hydroxylation is 1. The van der Waals surface area contributed by atoms with Crippen molar-refractivity contribution in [2.45, 2.75) is 40.7 Å². The van der Waals surface area contributed by atoms with Crippen molar-refractivity contribution < 1.29 is 9.21 Å². The van der Waals surface area contributed by atoms with Crippen LogP contribution in [0.4, 0.5) is 0 Å². The van der Waals surface area contributed by atoms with Crippen LogP contribution in [0.25, 0.3) is 0 Å². The molecule has 2 atom stereocenters. The minimum Gasteiger partial charge on any atom is -0.467 e. The highest BCUT2D eigenvalue weighted by atomic mass is 16.3. The van der Waals surface area contributed by atoms with Gasteiger partial charge in [-0.05, 0) is 50.3 Å². The predicted octanol–water partition coefficient (Wildman–Crippen LogP) is 3.86. The van der Waals surface area contributed by atoms with Crippen LogP contribution in [0.2, 0.25) is 0 Å². The SMILES string of the molecule is Cc1cc(C(=O)N2CC(C)CC(C)C2)c(C)n1Cc1ccco1. The summed E-state index contributed by atoms with van der Waals surface area (Å²) in [6, 6.07) is 5.88. The van der Waals surface area contributed by atoms with Gasteiger partial charge >= 0.3 is 0 Å². The number of aromatic nitrogens is 1. The molecule has 1 aliphatic rings. The summed E-state index contributed by atoms with van der Waals surface area (Å²) in [5, 5.41) is 0. The fraction of sp³-hybridized carbons (Fsp3) is 0.526. The zero-order valence-electron chi connectivity index (χ0n) is 14.5. The molecule has 1 fully saturated rings. The maximum Gasteiger partial charge on any atom is 0.255 e. The molecule has 2 aromatic heterocycles. The molecule has 0 aliphatic carbocycles. The van der Waals surface area contributed by atoms with Gasteiger partial charge in [-0.25, -0.2) is 0 Å². The summed E-state index contributed by atoms with van der Waals surface area (Å²) in [5.74, 6) is 2.23. The van der Waals surface area contributed by atoms with Gasteiger partial charge in [-0.15, -0.1) is 0 Å². The number of furan rings is 1. The number of carbonyl (C=O) groups excluding carboxylic acids is 1. The molecule has 1 saturated heterocycles. The molecule has 1 amide bonds. The Morgan fingerprint density at radius 1 is 1.26 bits per heavy atom. The third kappa shape index (κ3) is 3.21. The summed E-state index contributed by atoms with van der Waals surface area (Å²) < 4.78 is 7.60. The minimum atomic E-state index is 0.169. The zero-order valence-corrected chi connectivity index (χ0v) is 14.5. The fourth-order valence-corrected chi connectivity index (χ4v) is 3.82. The van der Waals surface area contributed by atoms with E-state index < -0.39 is 0 Å². The standard InChI is InChI=1S/C19H26N2O2/c1-13-8-14(2)11-20(10-13)19(22)18-9-15(3)21(16(18)4)12-17-6-5-7-23-17/h5-7,9,13-14H,8,10-12H2,1-4H3. The van der Waals surface area contributed by atoms with E-state index in [-0.39, 0.29) is 5.91 Å². The van der Waals surface area contributed by atoms with E-state index in [1.165, 1.54) is 6.42 Å². The van der Waals surface area contributed by atoms with Crippen molar-refractivity contribution >= 4 is 5.91 Å². The Morgan fingerprint density at radius 3 is 2.57 bits per heavy atom. The van der Waals surface area contributed by atoms with Crippen LogP contribution in [0.3, 0.4) is 0 Å². The first-order valence-corrected chi connectivity index (χ1v) is 8.44. The smallest absolute Gasteiger partial charge is 0.255 e. The van der Waals surface area contributed by atoms with Crippen LogP contribution in [0, 0.1) is 25.7 Å². The molecular formula is C19H26N2O2. The molecule has 23 heavy (non-hydrogen) atoms. The normalized spacial score (nSPS) is 21.7. The molecule has 4 heteroatoms. The van der Waals surface area contributed by atoms with E-state index in [9.17, 15) is 4.79 Å². The summed E-state index contributed by atoms with van der Waals surface area (Å²) in [6.07, 6.45) is 2.90. The highest BCUT2D eigenvalue weighted by Gasteiger charge is 2.28. The fourth-order valence-electron chi connectivity index (χ4n) is 3.82. The quantitative estimate of drug-likeness (QED) is 0.862. The topological polar surface area (TPSA) is 38.4 Å². The third-order valence-corrected chi connectivity index (χ3v) is 4.85. The Labute approximate surface area is 138 Å². The largest absolute Gasteiger partial charge is 0.467 e. The van der Waals surface area contributed by atoms with E-state index in [0.717, 1.165) is 35.8 Å². The van der Waals surface area contributed by atoms with Gasteiger partial charge in [0, 0.05) is 24.5 Å². The van der Waals surface area contributed by atoms with Gasteiger partial charge in [0.15, 0.2) is 0 Å². The van der Waals surface area contributed by atoms with Crippen molar-refractivity contribution in [1.82, 2.24) is 9.47 Å². The number of carbonyl (C=O) groups is 1. The Bertz CT molecular complexity index is 675. The number of piperidine rings is 1. The molecule has 0 aromatic carbocycles. The number of likely N-dealkylation sites (tertiary alicyclic amines) is 1. The second-order valence-corrected chi connectivity index (χ2v) is 7.11. The van der Waals surface area contributed by atoms with Crippen molar-refractivity contribution in [1.29, 1.82) is 0 Å². The Balaban J connectivity index is 1.84. The van der Waals surface area contributed by atoms with Crippen LogP contribution in [-0.4, -0.2) is 28.5 Å². The molecule has 124 valence electrons. The molecule has 0 saturated carbocycles. The Hall–Kier alpha value is -1.97. The van der Waals surface area contributed by atoms with Crippen LogP contribution in [0.1, 0.15) is 47.8 Å². The van der Waals surface area contributed by atoms with E-state index in [2.05, 4.69) is 18.4 Å². The van der Waals surface area contributed by atoms with Crippen LogP contribution in [-0.2, 0) is 6.54 Å². The second kappa shape index (κ2) is 6.26. The molecule has 2 aromatic rings. The van der Waals surface area contributed by atoms with Crippen molar-refractivity contribution in [3.8, 4) is 0 Å². The lowest BCUT2D eigenvalue weighted by atomic mass is 9.91. The first kappa shape index (κ1) is 15.9. The molecule has 3 rings (SSSR count). The molecule has 0 spiro atoms. The predicted molar refractivity (Wildman–Crippen MR) is 90.6 cm³/mol. The van der Waals surface area contributed by atoms with Gasteiger partial charge in [0.2, 0.25) is 0 Å². The Morgan fingerprint density at radius 2 is 1.96 bits per heavy atom. The lowest BCUT2D eigenvalue weighted by molar-refractivity contribution is 0.0622. The van der Waals surface area contributed by atoms with E-state index in [1.807, 2.05) is 36.9 Å². The maximum atomic E-state index is 13.0. The molecule has 3 heterocycles. The molecule has 2 unspecified atom stereocenters. The second-order valence-electron chi connectivity index (χ2n) is 7.11. The highest BCUT2D eigenvalue weighted by molar-refractivity contribution is 5.95. The van der Waals surface area contributed by atoms with Gasteiger partial charge in [0.05, 0.1) is 18.4 Å². The van der Waals surface area contributed by atoms with Crippen LogP contribution >= 0.6 is 0 Å². The van der Waals surface area contributed by atoms with Gasteiger partial charge in [-0.1, -0.05) is 13.8 Å². The number of rotatable bonds is 3. The Kier molecular flexibility index (Phi) is 4.33. The summed E-state index contributed by atoms with van der Waals surface area (Å²) >= 11 is 0. The lowest BCUT2D eigenvalue weighted by Crippen LogP contribution is -2.42. The highest BCUT2D eigenvalue weighted by Crippen LogP contribution is 2.25. The van der Waals surface area contributed by atoms with Crippen LogP contribution in [0.15, 0.2) is 28.9 Å². The minimum absolute atomic E-state index is 0.169. The van der Waals surface area contributed by atoms with Crippen molar-refractivity contribution in [2.24, 2.45) is 11.8 Å². The number of hydrogen-bond acceptors (Lipinski definition) is 2. The summed E-state index contributed by atoms with van der Waals surface area (Å²) in [4.78, 5) is 15.0. The molecule has 4 nitrogen and oxygen atoms in total. The van der Waals surface area contributed by atoms with Crippen molar-refractivity contribution in [2.75, 3.05) is 13.1 Å². The van der Waals surface area contributed by atoms with Crippen LogP contribution in [0.5, 0.6) is 0 Å². The first-order valence-electron chi connectivity index (χ1n) is 8.44. The average Bonchev–Trinajstić information content (AvgIpc) is 3.09. The first-order chi connectivity index (χ1) is 11.0. The van der Waals surface area contributed by atoms with Crippen molar-refractivity contribution in [3.05, 3.63) is 47.2 Å². The molecule has 0 bridgehead atoms. The molecule has 0 N–H and O–H groups in total. The monoisotopic (exact) mass is 314 g/mol. The lowest BCUT2D eigenvalue weighted by Gasteiger charge is -2.35. The summed E-state index contributed by atoms with van der Waals surface area (Å²) in [7, 11) is 0. The van der Waals surface area contributed by atoms with E-state index in [4.69, 9.17) is 4.42 Å². The molecule has 1 aliphatic heterocycles. The molecular weight excluding hydrogens is 288 g/mol. The third-order valence-electron chi connectivity index (χ3n) is 4.85. The summed E-state index contributed by atoms with van der Waals surface area (Å²) in [5.41, 5.74) is 2.95. The molecule has 0 radical (unpaired) electrons. The van der Waals surface area contributed by atoms with Gasteiger partial charge in [0.1, 0.15) is 5.76 Å². The van der Waals surface area contributed by atoms with Crippen molar-refractivity contribution in [3.63, 3.8) is 0 Å². The van der Waals surface area contributed by atoms with Crippen LogP contribution < -0.4 is 0 Å². The number of hydrogen-bond donors (Lipinski definition) is 0. The van der Waals surface area contributed by atoms with Gasteiger partial charge in [-0.2, -0.15) is 0 Å². The number of amides is 1. The number of nitrogens with zero attached hydrogens (tertiary/aromatic N) is 2. The van der Waals surface area contributed by atoms with E-state index in [0.29, 0.717) is 18.4 Å². The van der Waals surface area contributed by atoms with Gasteiger partial charge in [-0.3, -0.25) is 4.79 Å². The van der Waals surface area contributed by atoms with Gasteiger partial charge < -0.3 is 13.9 Å². The van der Waals surface area contributed by atoms with Gasteiger partial charge in [0.25, 0.3) is 5.91 Å². The zero-order chi connectivity index (χ0) is 16.6. The average molecular weight is 314 g/mol. The maximum absolute atomic E-state index is 13.0.